The molecule has 0 saturated heterocycles. The van der Waals surface area contributed by atoms with Gasteiger partial charge < -0.3 is 5.32 Å². The molecule has 19 heavy (non-hydrogen) atoms. The Balaban J connectivity index is 2.45. The third-order valence-corrected chi connectivity index (χ3v) is 3.66. The summed E-state index contributed by atoms with van der Waals surface area (Å²) in [5, 5.41) is 3.98. The van der Waals surface area contributed by atoms with E-state index in [4.69, 9.17) is 11.6 Å². The van der Waals surface area contributed by atoms with Gasteiger partial charge in [-0.2, -0.15) is 0 Å². The maximum Gasteiger partial charge on any atom is 0.141 e. The molecular formula is C14H13BrClFN2. The lowest BCUT2D eigenvalue weighted by Gasteiger charge is -2.20. The van der Waals surface area contributed by atoms with Crippen LogP contribution in [0, 0.1) is 5.82 Å². The largest absolute Gasteiger partial charge is 0.306 e. The SMILES string of the molecule is CCNC(c1cncc(F)c1)c1ccc(Cl)cc1Br. The average molecular weight is 344 g/mol. The molecular weight excluding hydrogens is 331 g/mol. The maximum atomic E-state index is 13.3. The van der Waals surface area contributed by atoms with Crippen molar-refractivity contribution in [2.24, 2.45) is 0 Å². The number of aromatic nitrogens is 1. The Morgan fingerprint density at radius 2 is 2.16 bits per heavy atom. The minimum atomic E-state index is -0.342. The molecule has 1 aromatic heterocycles. The summed E-state index contributed by atoms with van der Waals surface area (Å²) in [4.78, 5) is 3.90. The lowest BCUT2D eigenvalue weighted by molar-refractivity contribution is 0.595. The number of nitrogens with one attached hydrogen (secondary N) is 1. The summed E-state index contributed by atoms with van der Waals surface area (Å²) in [7, 11) is 0. The molecule has 0 radical (unpaired) electrons. The molecule has 1 N–H and O–H groups in total. The molecule has 1 unspecified atom stereocenters. The fraction of sp³-hybridized carbons (Fsp3) is 0.214. The van der Waals surface area contributed by atoms with E-state index in [-0.39, 0.29) is 11.9 Å². The highest BCUT2D eigenvalue weighted by Crippen LogP contribution is 2.30. The van der Waals surface area contributed by atoms with Gasteiger partial charge in [-0.05, 0) is 35.9 Å². The van der Waals surface area contributed by atoms with Crippen LogP contribution in [0.4, 0.5) is 4.39 Å². The predicted molar refractivity (Wildman–Crippen MR) is 78.9 cm³/mol. The number of halogens is 3. The first-order valence-corrected chi connectivity index (χ1v) is 7.07. The monoisotopic (exact) mass is 342 g/mol. The van der Waals surface area contributed by atoms with E-state index in [1.54, 1.807) is 6.20 Å². The number of benzene rings is 1. The molecule has 0 aliphatic heterocycles. The van der Waals surface area contributed by atoms with E-state index in [2.05, 4.69) is 26.2 Å². The lowest BCUT2D eigenvalue weighted by Crippen LogP contribution is -2.22. The molecule has 0 saturated carbocycles. The van der Waals surface area contributed by atoms with Gasteiger partial charge in [-0.1, -0.05) is 40.5 Å². The van der Waals surface area contributed by atoms with Crippen LogP contribution in [0.2, 0.25) is 5.02 Å². The van der Waals surface area contributed by atoms with Gasteiger partial charge in [0.15, 0.2) is 0 Å². The summed E-state index contributed by atoms with van der Waals surface area (Å²) in [6.07, 6.45) is 2.86. The molecule has 5 heteroatoms. The molecule has 0 fully saturated rings. The summed E-state index contributed by atoms with van der Waals surface area (Å²) in [6.45, 7) is 2.76. The van der Waals surface area contributed by atoms with Crippen molar-refractivity contribution < 1.29 is 4.39 Å². The topological polar surface area (TPSA) is 24.9 Å². The molecule has 1 atom stereocenters. The summed E-state index contributed by atoms with van der Waals surface area (Å²) >= 11 is 9.44. The number of hydrogen-bond donors (Lipinski definition) is 1. The highest BCUT2D eigenvalue weighted by Gasteiger charge is 2.17. The van der Waals surface area contributed by atoms with Crippen molar-refractivity contribution in [2.45, 2.75) is 13.0 Å². The van der Waals surface area contributed by atoms with Gasteiger partial charge in [0.2, 0.25) is 0 Å². The van der Waals surface area contributed by atoms with Crippen LogP contribution < -0.4 is 5.32 Å². The number of hydrogen-bond acceptors (Lipinski definition) is 2. The molecule has 0 aliphatic carbocycles. The third kappa shape index (κ3) is 3.53. The standard InChI is InChI=1S/C14H13BrClFN2/c1-2-19-14(9-5-11(17)8-18-7-9)12-4-3-10(16)6-13(12)15/h3-8,14,19H,2H2,1H3. The van der Waals surface area contributed by atoms with Crippen molar-refractivity contribution in [3.63, 3.8) is 0 Å². The molecule has 2 aromatic rings. The van der Waals surface area contributed by atoms with E-state index in [0.717, 1.165) is 22.1 Å². The van der Waals surface area contributed by atoms with Crippen LogP contribution in [-0.2, 0) is 0 Å². The molecule has 100 valence electrons. The summed E-state index contributed by atoms with van der Waals surface area (Å²) < 4.78 is 14.2. The Bertz CT molecular complexity index is 577. The zero-order valence-corrected chi connectivity index (χ0v) is 12.7. The summed E-state index contributed by atoms with van der Waals surface area (Å²) in [6, 6.07) is 6.93. The van der Waals surface area contributed by atoms with Crippen molar-refractivity contribution in [1.29, 1.82) is 0 Å². The summed E-state index contributed by atoms with van der Waals surface area (Å²) in [5.74, 6) is -0.342. The first-order valence-electron chi connectivity index (χ1n) is 5.90. The van der Waals surface area contributed by atoms with Gasteiger partial charge in [0.1, 0.15) is 5.82 Å². The summed E-state index contributed by atoms with van der Waals surface area (Å²) in [5.41, 5.74) is 1.78. The minimum absolute atomic E-state index is 0.125. The van der Waals surface area contributed by atoms with E-state index in [0.29, 0.717) is 5.02 Å². The van der Waals surface area contributed by atoms with Crippen molar-refractivity contribution >= 4 is 27.5 Å². The number of nitrogens with zero attached hydrogens (tertiary/aromatic N) is 1. The molecule has 2 nitrogen and oxygen atoms in total. The Kier molecular flexibility index (Phi) is 4.91. The van der Waals surface area contributed by atoms with Crippen molar-refractivity contribution in [1.82, 2.24) is 10.3 Å². The highest BCUT2D eigenvalue weighted by atomic mass is 79.9. The van der Waals surface area contributed by atoms with Crippen LogP contribution in [-0.4, -0.2) is 11.5 Å². The molecule has 1 aromatic carbocycles. The van der Waals surface area contributed by atoms with Crippen LogP contribution >= 0.6 is 27.5 Å². The molecule has 0 spiro atoms. The van der Waals surface area contributed by atoms with Gasteiger partial charge in [-0.15, -0.1) is 0 Å². The van der Waals surface area contributed by atoms with Crippen LogP contribution in [0.1, 0.15) is 24.1 Å². The Morgan fingerprint density at radius 3 is 2.79 bits per heavy atom. The molecule has 0 amide bonds. The fourth-order valence-electron chi connectivity index (χ4n) is 1.93. The third-order valence-electron chi connectivity index (χ3n) is 2.74. The Labute approximate surface area is 125 Å². The van der Waals surface area contributed by atoms with Crippen molar-refractivity contribution in [3.05, 3.63) is 63.1 Å². The Morgan fingerprint density at radius 1 is 1.37 bits per heavy atom. The van der Waals surface area contributed by atoms with Crippen LogP contribution in [0.3, 0.4) is 0 Å². The van der Waals surface area contributed by atoms with E-state index < -0.39 is 0 Å². The van der Waals surface area contributed by atoms with Crippen LogP contribution in [0.5, 0.6) is 0 Å². The maximum absolute atomic E-state index is 13.3. The zero-order valence-electron chi connectivity index (χ0n) is 10.3. The highest BCUT2D eigenvalue weighted by molar-refractivity contribution is 9.10. The number of rotatable bonds is 4. The Hall–Kier alpha value is -0.970. The van der Waals surface area contributed by atoms with Gasteiger partial charge in [0, 0.05) is 15.7 Å². The molecule has 0 aliphatic rings. The second-order valence-electron chi connectivity index (χ2n) is 4.09. The van der Waals surface area contributed by atoms with Crippen LogP contribution in [0.15, 0.2) is 41.1 Å². The predicted octanol–water partition coefficient (Wildman–Crippen LogP) is 4.34. The van der Waals surface area contributed by atoms with E-state index >= 15 is 0 Å². The lowest BCUT2D eigenvalue weighted by atomic mass is 10.00. The fourth-order valence-corrected chi connectivity index (χ4v) is 2.84. The normalized spacial score (nSPS) is 12.4. The van der Waals surface area contributed by atoms with Crippen molar-refractivity contribution in [2.75, 3.05) is 6.54 Å². The number of pyridine rings is 1. The van der Waals surface area contributed by atoms with E-state index in [1.165, 1.54) is 12.3 Å². The minimum Gasteiger partial charge on any atom is -0.306 e. The zero-order chi connectivity index (χ0) is 13.8. The molecule has 2 rings (SSSR count). The molecule has 0 bridgehead atoms. The van der Waals surface area contributed by atoms with E-state index in [1.807, 2.05) is 25.1 Å². The van der Waals surface area contributed by atoms with Gasteiger partial charge in [-0.3, -0.25) is 4.98 Å². The van der Waals surface area contributed by atoms with Gasteiger partial charge in [0.05, 0.1) is 12.2 Å². The second-order valence-corrected chi connectivity index (χ2v) is 5.38. The smallest absolute Gasteiger partial charge is 0.141 e. The van der Waals surface area contributed by atoms with E-state index in [9.17, 15) is 4.39 Å². The quantitative estimate of drug-likeness (QED) is 0.893. The van der Waals surface area contributed by atoms with Gasteiger partial charge in [0.25, 0.3) is 0 Å². The first-order chi connectivity index (χ1) is 9.11. The average Bonchev–Trinajstić information content (AvgIpc) is 2.37. The molecule has 1 heterocycles. The van der Waals surface area contributed by atoms with Gasteiger partial charge in [-0.25, -0.2) is 4.39 Å². The first kappa shape index (κ1) is 14.4. The van der Waals surface area contributed by atoms with Gasteiger partial charge >= 0.3 is 0 Å². The van der Waals surface area contributed by atoms with Crippen molar-refractivity contribution in [3.8, 4) is 0 Å². The second kappa shape index (κ2) is 6.46. The van der Waals surface area contributed by atoms with Crippen LogP contribution in [0.25, 0.3) is 0 Å².